The van der Waals surface area contributed by atoms with Crippen LogP contribution in [0.1, 0.15) is 71.3 Å². The van der Waals surface area contributed by atoms with Crippen LogP contribution >= 0.6 is 0 Å². The number of halogens is 6. The lowest BCUT2D eigenvalue weighted by Crippen LogP contribution is -2.52. The molecule has 3 aromatic rings. The topological polar surface area (TPSA) is 63.0 Å². The standard InChI is InChI=1S/C27H27F6N5O/c1-15(2)34-10-16-7-19-20(21(8-16)27(31,32)33)11-38(24(19)39)18-6-4-5-17(9-18)25(12-26(29,30)13-25)22(28)23-36-35-14-37(23)3/h4-9,14-15,22,34H,10-13H2,1-3H3/t22-/m0/s1. The van der Waals surface area contributed by atoms with Crippen LogP contribution in [0.15, 0.2) is 42.7 Å². The summed E-state index contributed by atoms with van der Waals surface area (Å²) in [6, 6.07) is 8.41. The van der Waals surface area contributed by atoms with Gasteiger partial charge in [0, 0.05) is 49.1 Å². The Morgan fingerprint density at radius 3 is 2.44 bits per heavy atom. The molecule has 0 bridgehead atoms. The first-order valence-corrected chi connectivity index (χ1v) is 12.5. The van der Waals surface area contributed by atoms with Gasteiger partial charge in [0.25, 0.3) is 5.91 Å². The van der Waals surface area contributed by atoms with E-state index in [1.165, 1.54) is 53.2 Å². The van der Waals surface area contributed by atoms with E-state index < -0.39 is 48.0 Å². The third-order valence-corrected chi connectivity index (χ3v) is 7.46. The molecule has 1 aliphatic carbocycles. The molecule has 2 heterocycles. The van der Waals surface area contributed by atoms with Gasteiger partial charge in [0.2, 0.25) is 5.92 Å². The predicted octanol–water partition coefficient (Wildman–Crippen LogP) is 5.87. The van der Waals surface area contributed by atoms with Crippen molar-refractivity contribution in [3.63, 3.8) is 0 Å². The van der Waals surface area contributed by atoms with Crippen molar-refractivity contribution in [3.05, 3.63) is 76.4 Å². The second kappa shape index (κ2) is 9.35. The predicted molar refractivity (Wildman–Crippen MR) is 131 cm³/mol. The van der Waals surface area contributed by atoms with Crippen LogP contribution in [0, 0.1) is 0 Å². The SMILES string of the molecule is CC(C)NCc1cc2c(c(C(F)(F)F)c1)CN(c1cccc(C3([C@@H](F)c4nncn4C)CC(F)(F)C3)c1)C2=O. The minimum atomic E-state index is -4.69. The number of amides is 1. The number of hydrogen-bond acceptors (Lipinski definition) is 4. The number of carbonyl (C=O) groups excluding carboxylic acids is 1. The van der Waals surface area contributed by atoms with E-state index in [4.69, 9.17) is 0 Å². The monoisotopic (exact) mass is 551 g/mol. The van der Waals surface area contributed by atoms with Gasteiger partial charge in [0.15, 0.2) is 12.0 Å². The molecule has 0 unspecified atom stereocenters. The zero-order valence-electron chi connectivity index (χ0n) is 21.5. The summed E-state index contributed by atoms with van der Waals surface area (Å²) in [5.41, 5.74) is -2.02. The van der Waals surface area contributed by atoms with Crippen LogP contribution in [0.5, 0.6) is 0 Å². The lowest BCUT2D eigenvalue weighted by Gasteiger charge is -2.49. The third-order valence-electron chi connectivity index (χ3n) is 7.46. The van der Waals surface area contributed by atoms with Gasteiger partial charge in [-0.3, -0.25) is 4.79 Å². The van der Waals surface area contributed by atoms with Gasteiger partial charge in [-0.1, -0.05) is 26.0 Å². The number of anilines is 1. The summed E-state index contributed by atoms with van der Waals surface area (Å²) in [7, 11) is 1.51. The fourth-order valence-electron chi connectivity index (χ4n) is 5.51. The van der Waals surface area contributed by atoms with E-state index >= 15 is 4.39 Å². The van der Waals surface area contributed by atoms with Gasteiger partial charge in [-0.2, -0.15) is 13.2 Å². The van der Waals surface area contributed by atoms with Crippen molar-refractivity contribution in [1.82, 2.24) is 20.1 Å². The van der Waals surface area contributed by atoms with Crippen LogP contribution in [0.2, 0.25) is 0 Å². The first-order valence-electron chi connectivity index (χ1n) is 12.5. The molecule has 1 saturated carbocycles. The van der Waals surface area contributed by atoms with Crippen LogP contribution in [0.3, 0.4) is 0 Å². The highest BCUT2D eigenvalue weighted by atomic mass is 19.4. The molecule has 2 aromatic carbocycles. The molecule has 1 aromatic heterocycles. The van der Waals surface area contributed by atoms with Crippen molar-refractivity contribution < 1.29 is 31.1 Å². The molecule has 208 valence electrons. The molecule has 1 N–H and O–H groups in total. The minimum Gasteiger partial charge on any atom is -0.318 e. The Labute approximate surface area is 221 Å². The van der Waals surface area contributed by atoms with E-state index in [-0.39, 0.29) is 47.3 Å². The van der Waals surface area contributed by atoms with Gasteiger partial charge < -0.3 is 14.8 Å². The highest BCUT2D eigenvalue weighted by Gasteiger charge is 2.62. The third kappa shape index (κ3) is 4.79. The smallest absolute Gasteiger partial charge is 0.318 e. The molecule has 1 fully saturated rings. The molecule has 1 aliphatic heterocycles. The van der Waals surface area contributed by atoms with Crippen LogP contribution in [-0.2, 0) is 31.7 Å². The average Bonchev–Trinajstić information content (AvgIpc) is 3.42. The summed E-state index contributed by atoms with van der Waals surface area (Å²) in [6.07, 6.45) is -6.90. The average molecular weight is 552 g/mol. The molecule has 1 atom stereocenters. The van der Waals surface area contributed by atoms with Crippen LogP contribution in [0.4, 0.5) is 32.0 Å². The fraction of sp³-hybridized carbons (Fsp3) is 0.444. The number of alkyl halides is 6. The Kier molecular flexibility index (Phi) is 6.52. The first kappa shape index (κ1) is 27.2. The maximum Gasteiger partial charge on any atom is 0.416 e. The number of carbonyl (C=O) groups is 1. The van der Waals surface area contributed by atoms with Gasteiger partial charge in [0.1, 0.15) is 6.33 Å². The first-order chi connectivity index (χ1) is 18.2. The molecule has 5 rings (SSSR count). The van der Waals surface area contributed by atoms with Crippen molar-refractivity contribution >= 4 is 11.6 Å². The zero-order valence-corrected chi connectivity index (χ0v) is 21.5. The second-order valence-corrected chi connectivity index (χ2v) is 10.7. The fourth-order valence-corrected chi connectivity index (χ4v) is 5.51. The molecular formula is C27H27F6N5O. The molecule has 12 heteroatoms. The van der Waals surface area contributed by atoms with Gasteiger partial charge in [-0.15, -0.1) is 10.2 Å². The van der Waals surface area contributed by atoms with E-state index in [1.807, 2.05) is 13.8 Å². The van der Waals surface area contributed by atoms with E-state index in [9.17, 15) is 26.7 Å². The summed E-state index contributed by atoms with van der Waals surface area (Å²) in [5, 5.41) is 10.5. The van der Waals surface area contributed by atoms with Crippen molar-refractivity contribution in [1.29, 1.82) is 0 Å². The normalized spacial score (nSPS) is 18.8. The number of rotatable bonds is 7. The van der Waals surface area contributed by atoms with Crippen molar-refractivity contribution in [3.8, 4) is 0 Å². The maximum absolute atomic E-state index is 15.8. The Hall–Kier alpha value is -3.41. The molecule has 2 aliphatic rings. The van der Waals surface area contributed by atoms with Gasteiger partial charge in [-0.25, -0.2) is 13.2 Å². The maximum atomic E-state index is 15.8. The van der Waals surface area contributed by atoms with E-state index in [2.05, 4.69) is 15.5 Å². The van der Waals surface area contributed by atoms with Crippen molar-refractivity contribution in [2.75, 3.05) is 4.90 Å². The molecule has 0 spiro atoms. The summed E-state index contributed by atoms with van der Waals surface area (Å²) in [6.45, 7) is 3.51. The van der Waals surface area contributed by atoms with Crippen molar-refractivity contribution in [2.45, 2.75) is 69.5 Å². The number of fused-ring (bicyclic) bond motifs is 1. The number of aromatic nitrogens is 3. The minimum absolute atomic E-state index is 0.0228. The Morgan fingerprint density at radius 2 is 1.85 bits per heavy atom. The lowest BCUT2D eigenvalue weighted by atomic mass is 9.59. The molecule has 39 heavy (non-hydrogen) atoms. The number of benzene rings is 2. The molecular weight excluding hydrogens is 524 g/mol. The molecule has 0 radical (unpaired) electrons. The van der Waals surface area contributed by atoms with E-state index in [0.29, 0.717) is 5.56 Å². The van der Waals surface area contributed by atoms with Crippen LogP contribution in [-0.4, -0.2) is 32.6 Å². The van der Waals surface area contributed by atoms with Crippen molar-refractivity contribution in [2.24, 2.45) is 7.05 Å². The quantitative estimate of drug-likeness (QED) is 0.373. The largest absolute Gasteiger partial charge is 0.416 e. The Bertz CT molecular complexity index is 1410. The highest BCUT2D eigenvalue weighted by Crippen LogP contribution is 2.60. The lowest BCUT2D eigenvalue weighted by molar-refractivity contribution is -0.151. The van der Waals surface area contributed by atoms with E-state index in [0.717, 1.165) is 6.07 Å². The van der Waals surface area contributed by atoms with E-state index in [1.54, 1.807) is 0 Å². The molecule has 1 amide bonds. The number of aryl methyl sites for hydroxylation is 1. The van der Waals surface area contributed by atoms with Gasteiger partial charge in [-0.05, 0) is 41.0 Å². The molecule has 0 saturated heterocycles. The Balaban J connectivity index is 1.52. The zero-order chi connectivity index (χ0) is 28.3. The summed E-state index contributed by atoms with van der Waals surface area (Å²) in [5.74, 6) is -3.85. The van der Waals surface area contributed by atoms with Crippen LogP contribution in [0.25, 0.3) is 0 Å². The Morgan fingerprint density at radius 1 is 1.13 bits per heavy atom. The summed E-state index contributed by atoms with van der Waals surface area (Å²) in [4.78, 5) is 14.6. The molecule has 6 nitrogen and oxygen atoms in total. The number of nitrogens with one attached hydrogen (secondary N) is 1. The van der Waals surface area contributed by atoms with Gasteiger partial charge in [0.05, 0.1) is 12.1 Å². The second-order valence-electron chi connectivity index (χ2n) is 10.7. The highest BCUT2D eigenvalue weighted by molar-refractivity contribution is 6.10. The van der Waals surface area contributed by atoms with Crippen LogP contribution < -0.4 is 10.2 Å². The van der Waals surface area contributed by atoms with Gasteiger partial charge >= 0.3 is 6.18 Å². The number of nitrogens with zero attached hydrogens (tertiary/aromatic N) is 4. The number of hydrogen-bond donors (Lipinski definition) is 1. The summed E-state index contributed by atoms with van der Waals surface area (Å²) < 4.78 is 87.6. The summed E-state index contributed by atoms with van der Waals surface area (Å²) >= 11 is 0.